The number of fused-ring (bicyclic) bond motifs is 2. The molecule has 3 rings (SSSR count). The van der Waals surface area contributed by atoms with Crippen LogP contribution in [0.1, 0.15) is 26.2 Å². The van der Waals surface area contributed by atoms with Crippen molar-refractivity contribution < 1.29 is 4.79 Å². The largest absolute Gasteiger partial charge is 0.316 e. The van der Waals surface area contributed by atoms with Crippen LogP contribution in [0.25, 0.3) is 0 Å². The molecule has 15 heavy (non-hydrogen) atoms. The van der Waals surface area contributed by atoms with Gasteiger partial charge in [-0.3, -0.25) is 9.79 Å². The molecule has 0 N–H and O–H groups in total. The quantitative estimate of drug-likeness (QED) is 0.588. The van der Waals surface area contributed by atoms with Crippen molar-refractivity contribution >= 4 is 11.6 Å². The molecule has 0 bridgehead atoms. The maximum Gasteiger partial charge on any atom is 0.257 e. The Morgan fingerprint density at radius 3 is 3.27 bits per heavy atom. The van der Waals surface area contributed by atoms with Crippen LogP contribution < -0.4 is 0 Å². The average molecular weight is 202 g/mol. The number of hydrogen-bond acceptors (Lipinski definition) is 2. The lowest BCUT2D eigenvalue weighted by molar-refractivity contribution is -0.127. The summed E-state index contributed by atoms with van der Waals surface area (Å²) in [4.78, 5) is 18.7. The van der Waals surface area contributed by atoms with Crippen LogP contribution in [0.5, 0.6) is 0 Å². The van der Waals surface area contributed by atoms with Crippen molar-refractivity contribution in [3.63, 3.8) is 0 Å². The van der Waals surface area contributed by atoms with E-state index < -0.39 is 0 Å². The van der Waals surface area contributed by atoms with Crippen LogP contribution in [0, 0.1) is 0 Å². The third-order valence-corrected chi connectivity index (χ3v) is 3.32. The SMILES string of the molecule is CC1=CCC2=NC3CCCN3C(=O)C2=C1. The highest BCUT2D eigenvalue weighted by molar-refractivity contribution is 6.24. The lowest BCUT2D eigenvalue weighted by Crippen LogP contribution is -2.42. The lowest BCUT2D eigenvalue weighted by Gasteiger charge is -2.30. The molecule has 0 aromatic carbocycles. The van der Waals surface area contributed by atoms with Crippen LogP contribution in [0.2, 0.25) is 0 Å². The summed E-state index contributed by atoms with van der Waals surface area (Å²) >= 11 is 0. The first-order chi connectivity index (χ1) is 7.25. The van der Waals surface area contributed by atoms with Crippen molar-refractivity contribution in [2.75, 3.05) is 6.54 Å². The second-order valence-corrected chi connectivity index (χ2v) is 4.41. The number of carbonyl (C=O) groups is 1. The fourth-order valence-electron chi connectivity index (χ4n) is 2.50. The van der Waals surface area contributed by atoms with Crippen LogP contribution >= 0.6 is 0 Å². The van der Waals surface area contributed by atoms with E-state index in [0.29, 0.717) is 0 Å². The fourth-order valence-corrected chi connectivity index (χ4v) is 2.50. The highest BCUT2D eigenvalue weighted by Gasteiger charge is 2.36. The molecule has 3 nitrogen and oxygen atoms in total. The molecule has 1 unspecified atom stereocenters. The zero-order valence-corrected chi connectivity index (χ0v) is 8.86. The molecular weight excluding hydrogens is 188 g/mol. The van der Waals surface area contributed by atoms with Crippen molar-refractivity contribution in [2.24, 2.45) is 4.99 Å². The maximum atomic E-state index is 12.1. The smallest absolute Gasteiger partial charge is 0.257 e. The Labute approximate surface area is 89.2 Å². The van der Waals surface area contributed by atoms with Gasteiger partial charge in [-0.15, -0.1) is 0 Å². The van der Waals surface area contributed by atoms with E-state index in [1.54, 1.807) is 0 Å². The summed E-state index contributed by atoms with van der Waals surface area (Å²) in [7, 11) is 0. The third kappa shape index (κ3) is 1.26. The van der Waals surface area contributed by atoms with Gasteiger partial charge in [0.1, 0.15) is 6.17 Å². The molecule has 0 radical (unpaired) electrons. The molecule has 1 amide bonds. The number of aliphatic imine (C=N–C) groups is 1. The van der Waals surface area contributed by atoms with Crippen molar-refractivity contribution in [2.45, 2.75) is 32.4 Å². The second kappa shape index (κ2) is 3.05. The van der Waals surface area contributed by atoms with Gasteiger partial charge in [0, 0.05) is 13.0 Å². The van der Waals surface area contributed by atoms with Gasteiger partial charge in [-0.1, -0.05) is 11.6 Å². The number of amides is 1. The molecule has 78 valence electrons. The minimum absolute atomic E-state index is 0.136. The summed E-state index contributed by atoms with van der Waals surface area (Å²) in [6.07, 6.45) is 7.20. The van der Waals surface area contributed by atoms with Gasteiger partial charge in [0.15, 0.2) is 0 Å². The van der Waals surface area contributed by atoms with Gasteiger partial charge in [-0.05, 0) is 25.8 Å². The van der Waals surface area contributed by atoms with E-state index in [4.69, 9.17) is 0 Å². The fraction of sp³-hybridized carbons (Fsp3) is 0.500. The van der Waals surface area contributed by atoms with Gasteiger partial charge in [-0.25, -0.2) is 0 Å². The predicted octanol–water partition coefficient (Wildman–Crippen LogP) is 1.67. The number of hydrogen-bond donors (Lipinski definition) is 0. The van der Waals surface area contributed by atoms with Crippen molar-refractivity contribution in [3.05, 3.63) is 23.3 Å². The molecule has 0 saturated carbocycles. The van der Waals surface area contributed by atoms with Crippen LogP contribution in [-0.4, -0.2) is 29.2 Å². The summed E-state index contributed by atoms with van der Waals surface area (Å²) in [6, 6.07) is 0. The van der Waals surface area contributed by atoms with Gasteiger partial charge < -0.3 is 4.90 Å². The van der Waals surface area contributed by atoms with E-state index >= 15 is 0 Å². The van der Waals surface area contributed by atoms with Crippen LogP contribution in [0.3, 0.4) is 0 Å². The Morgan fingerprint density at radius 2 is 2.40 bits per heavy atom. The van der Waals surface area contributed by atoms with Crippen molar-refractivity contribution in [1.29, 1.82) is 0 Å². The van der Waals surface area contributed by atoms with E-state index in [0.717, 1.165) is 37.1 Å². The Kier molecular flexibility index (Phi) is 1.81. The zero-order valence-electron chi connectivity index (χ0n) is 8.86. The Bertz CT molecular complexity index is 417. The Morgan fingerprint density at radius 1 is 1.53 bits per heavy atom. The standard InChI is InChI=1S/C12H14N2O/c1-8-4-5-10-9(7-8)12(15)14-6-2-3-11(14)13-10/h4,7,11H,2-3,5-6H2,1H3. The number of nitrogens with zero attached hydrogens (tertiary/aromatic N) is 2. The molecule has 1 aliphatic carbocycles. The first-order valence-electron chi connectivity index (χ1n) is 5.52. The molecular formula is C12H14N2O. The molecule has 1 atom stereocenters. The third-order valence-electron chi connectivity index (χ3n) is 3.32. The average Bonchev–Trinajstić information content (AvgIpc) is 2.68. The highest BCUT2D eigenvalue weighted by atomic mass is 16.2. The van der Waals surface area contributed by atoms with Crippen molar-refractivity contribution in [1.82, 2.24) is 4.90 Å². The van der Waals surface area contributed by atoms with Gasteiger partial charge in [-0.2, -0.15) is 0 Å². The van der Waals surface area contributed by atoms with E-state index in [1.165, 1.54) is 5.57 Å². The molecule has 1 saturated heterocycles. The minimum atomic E-state index is 0.136. The van der Waals surface area contributed by atoms with E-state index in [9.17, 15) is 4.79 Å². The number of carbonyl (C=O) groups excluding carboxylic acids is 1. The number of allylic oxidation sites excluding steroid dienone is 3. The van der Waals surface area contributed by atoms with E-state index in [2.05, 4.69) is 11.1 Å². The first kappa shape index (κ1) is 8.89. The topological polar surface area (TPSA) is 32.7 Å². The minimum Gasteiger partial charge on any atom is -0.316 e. The predicted molar refractivity (Wildman–Crippen MR) is 58.6 cm³/mol. The van der Waals surface area contributed by atoms with Crippen molar-refractivity contribution in [3.8, 4) is 0 Å². The molecule has 0 aromatic heterocycles. The molecule has 1 fully saturated rings. The van der Waals surface area contributed by atoms with Crippen LogP contribution in [-0.2, 0) is 4.79 Å². The highest BCUT2D eigenvalue weighted by Crippen LogP contribution is 2.29. The van der Waals surface area contributed by atoms with Gasteiger partial charge >= 0.3 is 0 Å². The van der Waals surface area contributed by atoms with E-state index in [1.807, 2.05) is 17.9 Å². The van der Waals surface area contributed by atoms with E-state index in [-0.39, 0.29) is 12.1 Å². The summed E-state index contributed by atoms with van der Waals surface area (Å²) in [5.41, 5.74) is 3.00. The lowest BCUT2D eigenvalue weighted by atomic mass is 9.95. The van der Waals surface area contributed by atoms with Gasteiger partial charge in [0.2, 0.25) is 0 Å². The Balaban J connectivity index is 2.06. The molecule has 2 aliphatic heterocycles. The summed E-state index contributed by atoms with van der Waals surface area (Å²) < 4.78 is 0. The van der Waals surface area contributed by atoms with Gasteiger partial charge in [0.05, 0.1) is 11.3 Å². The second-order valence-electron chi connectivity index (χ2n) is 4.41. The molecule has 0 aromatic rings. The molecule has 0 spiro atoms. The normalized spacial score (nSPS) is 29.1. The first-order valence-corrected chi connectivity index (χ1v) is 5.52. The molecule has 2 heterocycles. The zero-order chi connectivity index (χ0) is 10.4. The van der Waals surface area contributed by atoms with Crippen LogP contribution in [0.4, 0.5) is 0 Å². The summed E-state index contributed by atoms with van der Waals surface area (Å²) in [6.45, 7) is 2.91. The molecule has 3 heteroatoms. The summed E-state index contributed by atoms with van der Waals surface area (Å²) in [5, 5.41) is 0. The van der Waals surface area contributed by atoms with Crippen LogP contribution in [0.15, 0.2) is 28.3 Å². The maximum absolute atomic E-state index is 12.1. The Hall–Kier alpha value is -1.38. The number of rotatable bonds is 0. The van der Waals surface area contributed by atoms with Gasteiger partial charge in [0.25, 0.3) is 5.91 Å². The summed E-state index contributed by atoms with van der Waals surface area (Å²) in [5.74, 6) is 0.190. The monoisotopic (exact) mass is 202 g/mol. The molecule has 3 aliphatic rings.